The van der Waals surface area contributed by atoms with Gasteiger partial charge in [0, 0.05) is 5.02 Å². The van der Waals surface area contributed by atoms with Crippen molar-refractivity contribution in [1.29, 1.82) is 0 Å². The van der Waals surface area contributed by atoms with Crippen molar-refractivity contribution in [2.75, 3.05) is 0 Å². The first-order valence-electron chi connectivity index (χ1n) is 8.48. The summed E-state index contributed by atoms with van der Waals surface area (Å²) in [4.78, 5) is 4.74. The third-order valence-corrected chi connectivity index (χ3v) is 5.80. The van der Waals surface area contributed by atoms with Gasteiger partial charge in [-0.3, -0.25) is 0 Å². The van der Waals surface area contributed by atoms with Gasteiger partial charge in [0.25, 0.3) is 0 Å². The zero-order chi connectivity index (χ0) is 15.9. The lowest BCUT2D eigenvalue weighted by molar-refractivity contribution is 0.226. The molecule has 4 nitrogen and oxygen atoms in total. The van der Waals surface area contributed by atoms with Crippen LogP contribution in [0.25, 0.3) is 0 Å². The number of hydrogen-bond acceptors (Lipinski definition) is 4. The van der Waals surface area contributed by atoms with Crippen LogP contribution in [0.4, 0.5) is 0 Å². The van der Waals surface area contributed by atoms with E-state index in [2.05, 4.69) is 11.2 Å². The van der Waals surface area contributed by atoms with E-state index in [4.69, 9.17) is 26.8 Å². The molecule has 6 heteroatoms. The number of nitrogens with two attached hydrogens (primary N) is 1. The molecule has 2 fully saturated rings. The Balaban J connectivity index is 0.00000169. The smallest absolute Gasteiger partial charge is 0.233 e. The van der Waals surface area contributed by atoms with Gasteiger partial charge >= 0.3 is 0 Å². The second-order valence-corrected chi connectivity index (χ2v) is 7.66. The van der Waals surface area contributed by atoms with E-state index < -0.39 is 0 Å². The fourth-order valence-electron chi connectivity index (χ4n) is 3.98. The molecule has 1 aromatic heterocycles. The average Bonchev–Trinajstić information content (AvgIpc) is 3.14. The minimum atomic E-state index is -0.363. The molecule has 0 saturated heterocycles. The van der Waals surface area contributed by atoms with Gasteiger partial charge in [-0.25, -0.2) is 0 Å². The molecule has 24 heavy (non-hydrogen) atoms. The topological polar surface area (TPSA) is 64.9 Å². The highest BCUT2D eigenvalue weighted by Crippen LogP contribution is 2.44. The van der Waals surface area contributed by atoms with Crippen molar-refractivity contribution in [3.63, 3.8) is 0 Å². The van der Waals surface area contributed by atoms with Crippen LogP contribution < -0.4 is 5.73 Å². The van der Waals surface area contributed by atoms with Crippen LogP contribution in [0, 0.1) is 0 Å². The molecule has 1 heterocycles. The average molecular weight is 368 g/mol. The summed E-state index contributed by atoms with van der Waals surface area (Å²) < 4.78 is 5.70. The van der Waals surface area contributed by atoms with Gasteiger partial charge in [-0.2, -0.15) is 4.98 Å². The summed E-state index contributed by atoms with van der Waals surface area (Å²) in [5.41, 5.74) is 7.15. The molecule has 0 unspecified atom stereocenters. The molecular weight excluding hydrogens is 345 g/mol. The van der Waals surface area contributed by atoms with Crippen LogP contribution in [0.5, 0.6) is 0 Å². The van der Waals surface area contributed by atoms with Crippen molar-refractivity contribution in [2.45, 2.75) is 62.3 Å². The number of rotatable bonds is 4. The van der Waals surface area contributed by atoms with Gasteiger partial charge in [0.15, 0.2) is 5.82 Å². The highest BCUT2D eigenvalue weighted by atomic mass is 35.5. The first-order chi connectivity index (χ1) is 11.1. The van der Waals surface area contributed by atoms with E-state index in [1.165, 1.54) is 18.4 Å². The summed E-state index contributed by atoms with van der Waals surface area (Å²) in [6, 6.07) is 8.07. The Morgan fingerprint density at radius 3 is 2.50 bits per heavy atom. The van der Waals surface area contributed by atoms with Crippen molar-refractivity contribution in [3.05, 3.63) is 46.6 Å². The minimum Gasteiger partial charge on any atom is -0.339 e. The molecule has 2 N–H and O–H groups in total. The lowest BCUT2D eigenvalue weighted by Gasteiger charge is -2.34. The van der Waals surface area contributed by atoms with Gasteiger partial charge in [-0.15, -0.1) is 12.4 Å². The molecule has 2 aliphatic carbocycles. The predicted molar refractivity (Wildman–Crippen MR) is 96.6 cm³/mol. The zero-order valence-electron chi connectivity index (χ0n) is 13.6. The van der Waals surface area contributed by atoms with Gasteiger partial charge in [-0.05, 0) is 56.2 Å². The van der Waals surface area contributed by atoms with Crippen molar-refractivity contribution in [1.82, 2.24) is 10.1 Å². The monoisotopic (exact) mass is 367 g/mol. The summed E-state index contributed by atoms with van der Waals surface area (Å²) >= 11 is 6.14. The van der Waals surface area contributed by atoms with Crippen molar-refractivity contribution >= 4 is 24.0 Å². The maximum Gasteiger partial charge on any atom is 0.233 e. The molecule has 2 aliphatic rings. The molecule has 1 aromatic carbocycles. The summed E-state index contributed by atoms with van der Waals surface area (Å²) in [6.07, 6.45) is 8.51. The third-order valence-electron chi connectivity index (χ3n) is 5.56. The number of hydrogen-bond donors (Lipinski definition) is 1. The quantitative estimate of drug-likeness (QED) is 0.861. The fourth-order valence-corrected chi connectivity index (χ4v) is 4.19. The van der Waals surface area contributed by atoms with Crippen molar-refractivity contribution in [3.8, 4) is 0 Å². The molecule has 0 radical (unpaired) electrons. The first-order valence-corrected chi connectivity index (χ1v) is 8.86. The Kier molecular flexibility index (Phi) is 4.92. The van der Waals surface area contributed by atoms with E-state index >= 15 is 0 Å². The maximum absolute atomic E-state index is 6.35. The van der Waals surface area contributed by atoms with Gasteiger partial charge in [0.05, 0.1) is 11.0 Å². The van der Waals surface area contributed by atoms with Crippen LogP contribution >= 0.6 is 24.0 Å². The van der Waals surface area contributed by atoms with E-state index in [9.17, 15) is 0 Å². The highest BCUT2D eigenvalue weighted by molar-refractivity contribution is 6.30. The number of halogens is 2. The van der Waals surface area contributed by atoms with E-state index in [0.29, 0.717) is 5.82 Å². The zero-order valence-corrected chi connectivity index (χ0v) is 15.2. The largest absolute Gasteiger partial charge is 0.339 e. The fraction of sp³-hybridized carbons (Fsp3) is 0.556. The van der Waals surface area contributed by atoms with Crippen LogP contribution in [0.3, 0.4) is 0 Å². The molecular formula is C18H23Cl2N3O. The van der Waals surface area contributed by atoms with Crippen LogP contribution in [-0.4, -0.2) is 10.1 Å². The Hall–Kier alpha value is -1.10. The molecule has 2 aromatic rings. The van der Waals surface area contributed by atoms with E-state index in [1.54, 1.807) is 0 Å². The number of nitrogens with zero attached hydrogens (tertiary/aromatic N) is 2. The molecule has 0 aliphatic heterocycles. The molecule has 0 atom stereocenters. The van der Waals surface area contributed by atoms with E-state index in [1.807, 2.05) is 18.2 Å². The highest BCUT2D eigenvalue weighted by Gasteiger charge is 2.44. The van der Waals surface area contributed by atoms with Crippen LogP contribution in [0.1, 0.15) is 62.2 Å². The Labute approximate surface area is 153 Å². The van der Waals surface area contributed by atoms with Gasteiger partial charge < -0.3 is 10.3 Å². The summed E-state index contributed by atoms with van der Waals surface area (Å²) in [5, 5.41) is 5.00. The Morgan fingerprint density at radius 1 is 1.12 bits per heavy atom. The molecule has 2 saturated carbocycles. The SMILES string of the molecule is Cl.NC1(c2noc(C3(Cc4cccc(Cl)c4)CCCC3)n2)CCC1. The third kappa shape index (κ3) is 3.07. The standard InChI is InChI=1S/C18H22ClN3O.ClH/c19-14-6-3-5-13(11-14)12-17(7-1-2-8-17)16-21-15(22-23-16)18(20)9-4-10-18;/h3,5-6,11H,1-2,4,7-10,12,20H2;1H. The first kappa shape index (κ1) is 17.7. The van der Waals surface area contributed by atoms with E-state index in [-0.39, 0.29) is 23.4 Å². The van der Waals surface area contributed by atoms with Crippen LogP contribution in [-0.2, 0) is 17.4 Å². The van der Waals surface area contributed by atoms with Gasteiger partial charge in [-0.1, -0.05) is 41.7 Å². The second-order valence-electron chi connectivity index (χ2n) is 7.23. The second kappa shape index (κ2) is 6.66. The van der Waals surface area contributed by atoms with Crippen LogP contribution in [0.15, 0.2) is 28.8 Å². The van der Waals surface area contributed by atoms with E-state index in [0.717, 1.165) is 49.4 Å². The summed E-state index contributed by atoms with van der Waals surface area (Å²) in [5.74, 6) is 1.46. The van der Waals surface area contributed by atoms with Gasteiger partial charge in [0.2, 0.25) is 5.89 Å². The number of aromatic nitrogens is 2. The maximum atomic E-state index is 6.35. The normalized spacial score (nSPS) is 21.1. The van der Waals surface area contributed by atoms with Gasteiger partial charge in [0.1, 0.15) is 0 Å². The Morgan fingerprint density at radius 2 is 1.88 bits per heavy atom. The predicted octanol–water partition coefficient (Wildman–Crippen LogP) is 4.54. The van der Waals surface area contributed by atoms with Crippen LogP contribution in [0.2, 0.25) is 5.02 Å². The summed E-state index contributed by atoms with van der Waals surface area (Å²) in [7, 11) is 0. The van der Waals surface area contributed by atoms with Crippen molar-refractivity contribution < 1.29 is 4.52 Å². The molecule has 0 bridgehead atoms. The molecule has 4 rings (SSSR count). The summed E-state index contributed by atoms with van der Waals surface area (Å²) in [6.45, 7) is 0. The molecule has 0 amide bonds. The minimum absolute atomic E-state index is 0. The lowest BCUT2D eigenvalue weighted by Crippen LogP contribution is -2.44. The Bertz CT molecular complexity index is 706. The molecule has 0 spiro atoms. The lowest BCUT2D eigenvalue weighted by atomic mass is 9.77. The molecule has 130 valence electrons. The number of benzene rings is 1. The van der Waals surface area contributed by atoms with Crippen molar-refractivity contribution in [2.24, 2.45) is 5.73 Å².